The molecule has 0 atom stereocenters. The van der Waals surface area contributed by atoms with Crippen LogP contribution in [0.3, 0.4) is 0 Å². The van der Waals surface area contributed by atoms with E-state index >= 15 is 0 Å². The van der Waals surface area contributed by atoms with Crippen molar-refractivity contribution in [3.63, 3.8) is 0 Å². The number of nitrogens with zero attached hydrogens (tertiary/aromatic N) is 2. The van der Waals surface area contributed by atoms with E-state index in [1.807, 2.05) is 0 Å². The minimum Gasteiger partial charge on any atom is -0.508 e. The van der Waals surface area contributed by atoms with Gasteiger partial charge in [-0.15, -0.1) is 0 Å². The van der Waals surface area contributed by atoms with Gasteiger partial charge in [0, 0.05) is 11.8 Å². The maximum atomic E-state index is 11.0. The second-order valence-corrected chi connectivity index (χ2v) is 3.34. The topological polar surface area (TPSA) is 109 Å². The molecule has 0 amide bonds. The normalized spacial score (nSPS) is 10.1. The van der Waals surface area contributed by atoms with Crippen LogP contribution in [0.5, 0.6) is 5.75 Å². The lowest BCUT2D eigenvalue weighted by Gasteiger charge is -2.05. The molecule has 17 heavy (non-hydrogen) atoms. The molecule has 6 heteroatoms. The maximum absolute atomic E-state index is 11.0. The molecule has 0 fully saturated rings. The molecule has 2 aromatic rings. The van der Waals surface area contributed by atoms with Crippen molar-refractivity contribution in [2.24, 2.45) is 0 Å². The van der Waals surface area contributed by atoms with Crippen LogP contribution >= 0.6 is 0 Å². The van der Waals surface area contributed by atoms with Gasteiger partial charge >= 0.3 is 5.97 Å². The third-order valence-electron chi connectivity index (χ3n) is 2.19. The van der Waals surface area contributed by atoms with Crippen LogP contribution in [0.1, 0.15) is 10.5 Å². The van der Waals surface area contributed by atoms with Crippen molar-refractivity contribution in [1.29, 1.82) is 0 Å². The van der Waals surface area contributed by atoms with E-state index in [1.165, 1.54) is 18.3 Å². The minimum absolute atomic E-state index is 0.0927. The van der Waals surface area contributed by atoms with Gasteiger partial charge in [-0.1, -0.05) is 12.1 Å². The number of hydrogen-bond acceptors (Lipinski definition) is 5. The Labute approximate surface area is 96.4 Å². The van der Waals surface area contributed by atoms with Crippen molar-refractivity contribution in [1.82, 2.24) is 9.97 Å². The highest BCUT2D eigenvalue weighted by molar-refractivity contribution is 5.94. The molecule has 4 N–H and O–H groups in total. The predicted molar refractivity (Wildman–Crippen MR) is 60.5 cm³/mol. The second kappa shape index (κ2) is 4.09. The Balaban J connectivity index is 2.58. The van der Waals surface area contributed by atoms with E-state index in [0.717, 1.165) is 0 Å². The minimum atomic E-state index is -1.18. The van der Waals surface area contributed by atoms with Gasteiger partial charge in [-0.05, 0) is 17.7 Å². The van der Waals surface area contributed by atoms with Crippen LogP contribution in [0, 0.1) is 0 Å². The van der Waals surface area contributed by atoms with Crippen LogP contribution in [0.25, 0.3) is 11.1 Å². The third kappa shape index (κ3) is 2.15. The molecule has 1 aromatic carbocycles. The van der Waals surface area contributed by atoms with Gasteiger partial charge in [0.25, 0.3) is 0 Å². The summed E-state index contributed by atoms with van der Waals surface area (Å²) in [4.78, 5) is 18.5. The molecule has 6 nitrogen and oxygen atoms in total. The summed E-state index contributed by atoms with van der Waals surface area (Å²) in [6.07, 6.45) is 1.35. The Morgan fingerprint density at radius 2 is 1.88 bits per heavy atom. The highest BCUT2D eigenvalue weighted by atomic mass is 16.4. The Morgan fingerprint density at radius 3 is 2.47 bits per heavy atom. The molecular weight excluding hydrogens is 222 g/mol. The van der Waals surface area contributed by atoms with Gasteiger partial charge in [-0.3, -0.25) is 0 Å². The van der Waals surface area contributed by atoms with Crippen molar-refractivity contribution in [3.8, 4) is 16.9 Å². The molecule has 0 radical (unpaired) electrons. The highest BCUT2D eigenvalue weighted by Gasteiger charge is 2.14. The molecule has 2 rings (SSSR count). The number of aromatic carboxylic acids is 1. The van der Waals surface area contributed by atoms with Gasteiger partial charge in [0.2, 0.25) is 5.95 Å². The molecule has 86 valence electrons. The number of anilines is 1. The summed E-state index contributed by atoms with van der Waals surface area (Å²) in [5.74, 6) is -1.17. The quantitative estimate of drug-likeness (QED) is 0.714. The van der Waals surface area contributed by atoms with Crippen molar-refractivity contribution < 1.29 is 15.0 Å². The predicted octanol–water partition coefficient (Wildman–Crippen LogP) is 1.13. The Kier molecular flexibility index (Phi) is 2.61. The number of phenolic OH excluding ortho intramolecular Hbond substituents is 1. The van der Waals surface area contributed by atoms with Crippen LogP contribution in [-0.4, -0.2) is 26.2 Å². The summed E-state index contributed by atoms with van der Waals surface area (Å²) in [5.41, 5.74) is 6.13. The number of benzene rings is 1. The summed E-state index contributed by atoms with van der Waals surface area (Å²) < 4.78 is 0. The standard InChI is InChI=1S/C11H9N3O3/c12-11-13-5-8(9(14-11)10(16)17)6-1-3-7(15)4-2-6/h1-5,15H,(H,16,17)(H2,12,13,14). The first-order valence-electron chi connectivity index (χ1n) is 4.73. The van der Waals surface area contributed by atoms with Crippen molar-refractivity contribution >= 4 is 11.9 Å². The van der Waals surface area contributed by atoms with E-state index in [-0.39, 0.29) is 17.4 Å². The smallest absolute Gasteiger partial charge is 0.355 e. The second-order valence-electron chi connectivity index (χ2n) is 3.34. The fraction of sp³-hybridized carbons (Fsp3) is 0. The molecule has 0 bridgehead atoms. The number of hydrogen-bond donors (Lipinski definition) is 3. The molecule has 1 heterocycles. The molecule has 0 unspecified atom stereocenters. The zero-order chi connectivity index (χ0) is 12.4. The summed E-state index contributed by atoms with van der Waals surface area (Å²) in [7, 11) is 0. The molecule has 0 spiro atoms. The van der Waals surface area contributed by atoms with Crippen molar-refractivity contribution in [3.05, 3.63) is 36.2 Å². The zero-order valence-electron chi connectivity index (χ0n) is 8.66. The number of rotatable bonds is 2. The number of aromatic hydroxyl groups is 1. The molecule has 0 aliphatic carbocycles. The number of phenols is 1. The van der Waals surface area contributed by atoms with Crippen LogP contribution in [0.2, 0.25) is 0 Å². The van der Waals surface area contributed by atoms with E-state index in [1.54, 1.807) is 12.1 Å². The van der Waals surface area contributed by atoms with Crippen molar-refractivity contribution in [2.45, 2.75) is 0 Å². The van der Waals surface area contributed by atoms with Gasteiger partial charge in [-0.2, -0.15) is 0 Å². The summed E-state index contributed by atoms with van der Waals surface area (Å²) >= 11 is 0. The average molecular weight is 231 g/mol. The van der Waals surface area contributed by atoms with Gasteiger partial charge in [0.15, 0.2) is 5.69 Å². The number of carboxylic acid groups (broad SMARTS) is 1. The number of aromatic nitrogens is 2. The van der Waals surface area contributed by atoms with E-state index in [4.69, 9.17) is 15.9 Å². The van der Waals surface area contributed by atoms with E-state index < -0.39 is 5.97 Å². The molecule has 0 aliphatic rings. The maximum Gasteiger partial charge on any atom is 0.355 e. The lowest BCUT2D eigenvalue weighted by molar-refractivity contribution is 0.0691. The van der Waals surface area contributed by atoms with Gasteiger partial charge in [0.05, 0.1) is 0 Å². The fourth-order valence-corrected chi connectivity index (χ4v) is 1.41. The van der Waals surface area contributed by atoms with Gasteiger partial charge in [0.1, 0.15) is 5.75 Å². The molecule has 0 saturated carbocycles. The molecule has 0 saturated heterocycles. The summed E-state index contributed by atoms with van der Waals surface area (Å²) in [6, 6.07) is 6.07. The molecule has 1 aromatic heterocycles. The number of nitrogen functional groups attached to an aromatic ring is 1. The first-order chi connectivity index (χ1) is 8.08. The first-order valence-corrected chi connectivity index (χ1v) is 4.73. The largest absolute Gasteiger partial charge is 0.508 e. The average Bonchev–Trinajstić information content (AvgIpc) is 2.30. The van der Waals surface area contributed by atoms with Crippen LogP contribution in [0.4, 0.5) is 5.95 Å². The van der Waals surface area contributed by atoms with Gasteiger partial charge in [-0.25, -0.2) is 14.8 Å². The molecule has 0 aliphatic heterocycles. The molecular formula is C11H9N3O3. The Bertz CT molecular complexity index is 567. The Morgan fingerprint density at radius 1 is 1.24 bits per heavy atom. The van der Waals surface area contributed by atoms with Crippen molar-refractivity contribution in [2.75, 3.05) is 5.73 Å². The first kappa shape index (κ1) is 10.9. The highest BCUT2D eigenvalue weighted by Crippen LogP contribution is 2.24. The number of carbonyl (C=O) groups is 1. The van der Waals surface area contributed by atoms with Crippen LogP contribution < -0.4 is 5.73 Å². The lowest BCUT2D eigenvalue weighted by atomic mass is 10.1. The van der Waals surface area contributed by atoms with E-state index in [0.29, 0.717) is 11.1 Å². The van der Waals surface area contributed by atoms with Crippen LogP contribution in [-0.2, 0) is 0 Å². The van der Waals surface area contributed by atoms with Crippen LogP contribution in [0.15, 0.2) is 30.5 Å². The number of carboxylic acids is 1. The van der Waals surface area contributed by atoms with E-state index in [2.05, 4.69) is 9.97 Å². The number of nitrogens with two attached hydrogens (primary N) is 1. The zero-order valence-corrected chi connectivity index (χ0v) is 8.66. The lowest BCUT2D eigenvalue weighted by Crippen LogP contribution is -2.07. The SMILES string of the molecule is Nc1ncc(-c2ccc(O)cc2)c(C(=O)O)n1. The Hall–Kier alpha value is -2.63. The monoisotopic (exact) mass is 231 g/mol. The summed E-state index contributed by atoms with van der Waals surface area (Å²) in [6.45, 7) is 0. The van der Waals surface area contributed by atoms with Gasteiger partial charge < -0.3 is 15.9 Å². The third-order valence-corrected chi connectivity index (χ3v) is 2.19. The van der Waals surface area contributed by atoms with E-state index in [9.17, 15) is 4.79 Å². The fourth-order valence-electron chi connectivity index (χ4n) is 1.41. The summed E-state index contributed by atoms with van der Waals surface area (Å²) in [5, 5.41) is 18.2.